The molecule has 0 fully saturated rings. The monoisotopic (exact) mass is 482 g/mol. The molecule has 1 heterocycles. The number of alkyl halides is 3. The van der Waals surface area contributed by atoms with E-state index in [0.29, 0.717) is 4.68 Å². The highest BCUT2D eigenvalue weighted by molar-refractivity contribution is 7.92. The molecule has 0 bridgehead atoms. The molecule has 0 saturated heterocycles. The van der Waals surface area contributed by atoms with Gasteiger partial charge in [0.1, 0.15) is 5.75 Å². The largest absolute Gasteiger partial charge is 0.494 e. The Kier molecular flexibility index (Phi) is 6.68. The number of carbonyl (C=O) groups excluding carboxylic acids is 1. The van der Waals surface area contributed by atoms with Crippen LogP contribution >= 0.6 is 0 Å². The van der Waals surface area contributed by atoms with Gasteiger partial charge in [0.25, 0.3) is 5.91 Å². The van der Waals surface area contributed by atoms with Crippen LogP contribution in [0.1, 0.15) is 28.5 Å². The number of sulfonamides is 1. The van der Waals surface area contributed by atoms with Gasteiger partial charge in [-0.1, -0.05) is 17.7 Å². The first-order valence-electron chi connectivity index (χ1n) is 9.67. The minimum Gasteiger partial charge on any atom is -0.494 e. The lowest BCUT2D eigenvalue weighted by atomic mass is 10.2. The van der Waals surface area contributed by atoms with Crippen LogP contribution in [0.4, 0.5) is 24.5 Å². The van der Waals surface area contributed by atoms with E-state index < -0.39 is 33.4 Å². The molecule has 0 radical (unpaired) electrons. The molecule has 33 heavy (non-hydrogen) atoms. The molecule has 0 saturated carbocycles. The summed E-state index contributed by atoms with van der Waals surface area (Å²) in [7, 11) is -2.30. The summed E-state index contributed by atoms with van der Waals surface area (Å²) in [4.78, 5) is 12.7. The third-order valence-corrected chi connectivity index (χ3v) is 5.96. The highest BCUT2D eigenvalue weighted by atomic mass is 32.2. The fourth-order valence-electron chi connectivity index (χ4n) is 2.96. The zero-order chi connectivity index (χ0) is 24.4. The summed E-state index contributed by atoms with van der Waals surface area (Å²) >= 11 is 0. The van der Waals surface area contributed by atoms with Gasteiger partial charge in [0.2, 0.25) is 10.0 Å². The number of amides is 1. The molecule has 0 aliphatic rings. The van der Waals surface area contributed by atoms with Crippen LogP contribution in [-0.4, -0.2) is 37.0 Å². The Hall–Kier alpha value is -3.54. The number of aryl methyl sites for hydroxylation is 1. The summed E-state index contributed by atoms with van der Waals surface area (Å²) in [6, 6.07) is 10.2. The van der Waals surface area contributed by atoms with E-state index in [-0.39, 0.29) is 28.6 Å². The molecule has 0 unspecified atom stereocenters. The van der Waals surface area contributed by atoms with Crippen LogP contribution in [0, 0.1) is 6.92 Å². The Balaban J connectivity index is 1.94. The van der Waals surface area contributed by atoms with Crippen molar-refractivity contribution in [2.75, 3.05) is 22.9 Å². The van der Waals surface area contributed by atoms with Crippen LogP contribution < -0.4 is 14.8 Å². The van der Waals surface area contributed by atoms with Gasteiger partial charge in [-0.05, 0) is 38.1 Å². The molecule has 1 aromatic heterocycles. The van der Waals surface area contributed by atoms with Crippen LogP contribution in [0.5, 0.6) is 5.75 Å². The number of rotatable bonds is 7. The molecule has 3 aromatic rings. The number of hydrogen-bond acceptors (Lipinski definition) is 5. The predicted molar refractivity (Wildman–Crippen MR) is 117 cm³/mol. The van der Waals surface area contributed by atoms with E-state index in [2.05, 4.69) is 15.1 Å². The van der Waals surface area contributed by atoms with E-state index in [1.54, 1.807) is 19.1 Å². The first-order valence-corrected chi connectivity index (χ1v) is 11.3. The Morgan fingerprint density at radius 1 is 1.15 bits per heavy atom. The van der Waals surface area contributed by atoms with Crippen molar-refractivity contribution in [3.63, 3.8) is 0 Å². The minimum absolute atomic E-state index is 0.0798. The molecular formula is C21H21F3N4O4S. The molecule has 0 spiro atoms. The molecule has 2 aromatic carbocycles. The Morgan fingerprint density at radius 3 is 2.39 bits per heavy atom. The summed E-state index contributed by atoms with van der Waals surface area (Å²) in [5.41, 5.74) is -0.647. The van der Waals surface area contributed by atoms with Crippen LogP contribution in [0.25, 0.3) is 5.69 Å². The van der Waals surface area contributed by atoms with Crippen LogP contribution in [-0.2, 0) is 16.2 Å². The van der Waals surface area contributed by atoms with E-state index in [1.807, 2.05) is 0 Å². The van der Waals surface area contributed by atoms with E-state index in [9.17, 15) is 26.4 Å². The van der Waals surface area contributed by atoms with Crippen molar-refractivity contribution in [2.45, 2.75) is 20.0 Å². The fourth-order valence-corrected chi connectivity index (χ4v) is 3.61. The Labute approximate surface area is 188 Å². The number of ether oxygens (including phenoxy) is 1. The first kappa shape index (κ1) is 24.1. The molecule has 176 valence electrons. The predicted octanol–water partition coefficient (Wildman–Crippen LogP) is 4.22. The van der Waals surface area contributed by atoms with Gasteiger partial charge in [-0.15, -0.1) is 0 Å². The maximum Gasteiger partial charge on any atom is 0.434 e. The number of benzene rings is 2. The van der Waals surface area contributed by atoms with Crippen LogP contribution in [0.2, 0.25) is 0 Å². The van der Waals surface area contributed by atoms with Crippen molar-refractivity contribution in [3.05, 3.63) is 65.5 Å². The number of hydrogen-bond donors (Lipinski definition) is 2. The number of anilines is 2. The van der Waals surface area contributed by atoms with Crippen LogP contribution in [0.3, 0.4) is 0 Å². The molecule has 0 aliphatic carbocycles. The van der Waals surface area contributed by atoms with Gasteiger partial charge in [0, 0.05) is 11.8 Å². The van der Waals surface area contributed by atoms with Gasteiger partial charge in [0.15, 0.2) is 5.69 Å². The van der Waals surface area contributed by atoms with E-state index >= 15 is 0 Å². The summed E-state index contributed by atoms with van der Waals surface area (Å²) in [5, 5.41) is 6.15. The number of carbonyl (C=O) groups is 1. The average Bonchev–Trinajstić information content (AvgIpc) is 3.21. The molecule has 8 nitrogen and oxygen atoms in total. The maximum atomic E-state index is 13.8. The quantitative estimate of drug-likeness (QED) is 0.525. The van der Waals surface area contributed by atoms with E-state index in [0.717, 1.165) is 11.8 Å². The number of halogens is 3. The highest BCUT2D eigenvalue weighted by Crippen LogP contribution is 2.35. The number of aromatic nitrogens is 2. The third kappa shape index (κ3) is 5.45. The summed E-state index contributed by atoms with van der Waals surface area (Å²) < 4.78 is 73.3. The fraction of sp³-hybridized carbons (Fsp3) is 0.238. The summed E-state index contributed by atoms with van der Waals surface area (Å²) in [6.45, 7) is 3.25. The lowest BCUT2D eigenvalue weighted by Crippen LogP contribution is -2.21. The second-order valence-electron chi connectivity index (χ2n) is 7.03. The Bertz CT molecular complexity index is 1270. The lowest BCUT2D eigenvalue weighted by molar-refractivity contribution is -0.143. The van der Waals surface area contributed by atoms with E-state index in [4.69, 9.17) is 4.74 Å². The SMILES string of the molecule is CCS(=O)(=O)Nc1ccc(NC(=O)c2cnn(-c3ccc(C)cc3)c2C(F)(F)F)cc1OC. The standard InChI is InChI=1S/C21H21F3N4O4S/c1-4-33(30,31)27-17-10-7-14(11-18(17)32-3)26-20(29)16-12-25-28(19(16)21(22,23)24)15-8-5-13(2)6-9-15/h5-12,27H,4H2,1-3H3,(H,26,29). The zero-order valence-electron chi connectivity index (χ0n) is 17.9. The van der Waals surface area contributed by atoms with Crippen molar-refractivity contribution >= 4 is 27.3 Å². The summed E-state index contributed by atoms with van der Waals surface area (Å²) in [5.74, 6) is -1.12. The number of nitrogens with zero attached hydrogens (tertiary/aromatic N) is 2. The van der Waals surface area contributed by atoms with Gasteiger partial charge >= 0.3 is 6.18 Å². The van der Waals surface area contributed by atoms with Crippen molar-refractivity contribution in [3.8, 4) is 11.4 Å². The zero-order valence-corrected chi connectivity index (χ0v) is 18.7. The second kappa shape index (κ2) is 9.14. The van der Waals surface area contributed by atoms with Gasteiger partial charge in [0.05, 0.1) is 36.0 Å². The highest BCUT2D eigenvalue weighted by Gasteiger charge is 2.40. The second-order valence-corrected chi connectivity index (χ2v) is 9.04. The lowest BCUT2D eigenvalue weighted by Gasteiger charge is -2.14. The first-order chi connectivity index (χ1) is 15.4. The minimum atomic E-state index is -4.85. The average molecular weight is 482 g/mol. The molecular weight excluding hydrogens is 461 g/mol. The third-order valence-electron chi connectivity index (χ3n) is 4.67. The summed E-state index contributed by atoms with van der Waals surface area (Å²) in [6.07, 6.45) is -4.01. The van der Waals surface area contributed by atoms with Gasteiger partial charge in [-0.25, -0.2) is 13.1 Å². The molecule has 0 atom stereocenters. The normalized spacial score (nSPS) is 11.8. The topological polar surface area (TPSA) is 102 Å². The van der Waals surface area contributed by atoms with Gasteiger partial charge < -0.3 is 10.1 Å². The molecule has 12 heteroatoms. The smallest absolute Gasteiger partial charge is 0.434 e. The molecule has 1 amide bonds. The van der Waals surface area contributed by atoms with Crippen molar-refractivity contribution < 1.29 is 31.1 Å². The van der Waals surface area contributed by atoms with Crippen LogP contribution in [0.15, 0.2) is 48.7 Å². The van der Waals surface area contributed by atoms with Crippen molar-refractivity contribution in [1.29, 1.82) is 0 Å². The molecule has 3 rings (SSSR count). The van der Waals surface area contributed by atoms with Crippen molar-refractivity contribution in [2.24, 2.45) is 0 Å². The molecule has 0 aliphatic heterocycles. The van der Waals surface area contributed by atoms with Crippen molar-refractivity contribution in [1.82, 2.24) is 9.78 Å². The van der Waals surface area contributed by atoms with E-state index in [1.165, 1.54) is 44.4 Å². The number of nitrogens with one attached hydrogen (secondary N) is 2. The number of methoxy groups -OCH3 is 1. The van der Waals surface area contributed by atoms with Gasteiger partial charge in [-0.2, -0.15) is 18.3 Å². The van der Waals surface area contributed by atoms with Gasteiger partial charge in [-0.3, -0.25) is 9.52 Å². The Morgan fingerprint density at radius 2 is 1.82 bits per heavy atom. The maximum absolute atomic E-state index is 13.8. The molecule has 2 N–H and O–H groups in total.